The summed E-state index contributed by atoms with van der Waals surface area (Å²) in [6.07, 6.45) is 2.60. The third-order valence-corrected chi connectivity index (χ3v) is 4.05. The van der Waals surface area contributed by atoms with Crippen LogP contribution in [0.25, 0.3) is 0 Å². The van der Waals surface area contributed by atoms with Gasteiger partial charge in [-0.2, -0.15) is 0 Å². The summed E-state index contributed by atoms with van der Waals surface area (Å²) in [6, 6.07) is 8.45. The van der Waals surface area contributed by atoms with Crippen molar-refractivity contribution in [2.75, 3.05) is 20.1 Å². The third-order valence-electron chi connectivity index (χ3n) is 4.05. The maximum atomic E-state index is 11.1. The highest BCUT2D eigenvalue weighted by Crippen LogP contribution is 2.19. The Balaban J connectivity index is 0.00000264. The van der Waals surface area contributed by atoms with E-state index in [1.54, 1.807) is 7.05 Å². The fourth-order valence-corrected chi connectivity index (χ4v) is 3.04. The van der Waals surface area contributed by atoms with Crippen molar-refractivity contribution in [1.29, 1.82) is 0 Å². The number of rotatable bonds is 4. The molecule has 1 fully saturated rings. The summed E-state index contributed by atoms with van der Waals surface area (Å²) >= 11 is 0. The van der Waals surface area contributed by atoms with Crippen LogP contribution in [0.1, 0.15) is 30.4 Å². The highest BCUT2D eigenvalue weighted by molar-refractivity contribution is 14.0. The first-order chi connectivity index (χ1) is 10.6. The lowest BCUT2D eigenvalue weighted by atomic mass is 9.95. The van der Waals surface area contributed by atoms with Crippen LogP contribution in [0.5, 0.6) is 0 Å². The number of primary amides is 1. The molecule has 1 aliphatic heterocycles. The largest absolute Gasteiger partial charge is 0.370 e. The molecule has 1 atom stereocenters. The number of carbonyl (C=O) groups is 1. The standard InChI is InChI=1S/C17H26N4O.HI/c1-13-5-3-6-14(9-13)11-20-17(19-2)21-8-4-7-15(12-21)10-16(18)22;/h3,5-6,9,15H,4,7-8,10-12H2,1-2H3,(H2,18,22)(H,19,20);1H. The van der Waals surface area contributed by atoms with Gasteiger partial charge in [0.05, 0.1) is 0 Å². The number of amides is 1. The number of nitrogens with one attached hydrogen (secondary N) is 1. The van der Waals surface area contributed by atoms with Crippen LogP contribution >= 0.6 is 24.0 Å². The maximum Gasteiger partial charge on any atom is 0.217 e. The molecular weight excluding hydrogens is 403 g/mol. The Morgan fingerprint density at radius 1 is 1.48 bits per heavy atom. The summed E-state index contributed by atoms with van der Waals surface area (Å²) in [5.74, 6) is 1.02. The van der Waals surface area contributed by atoms with Gasteiger partial charge in [0.1, 0.15) is 0 Å². The first kappa shape index (κ1) is 19.7. The van der Waals surface area contributed by atoms with Crippen molar-refractivity contribution in [3.8, 4) is 0 Å². The van der Waals surface area contributed by atoms with Crippen molar-refractivity contribution in [2.45, 2.75) is 32.7 Å². The highest BCUT2D eigenvalue weighted by Gasteiger charge is 2.23. The van der Waals surface area contributed by atoms with Gasteiger partial charge in [-0.05, 0) is 31.2 Å². The maximum absolute atomic E-state index is 11.1. The first-order valence-corrected chi connectivity index (χ1v) is 7.88. The predicted molar refractivity (Wildman–Crippen MR) is 105 cm³/mol. The molecule has 0 saturated carbocycles. The Hall–Kier alpha value is -1.31. The van der Waals surface area contributed by atoms with Gasteiger partial charge in [-0.3, -0.25) is 9.79 Å². The molecule has 0 aliphatic carbocycles. The molecule has 0 bridgehead atoms. The predicted octanol–water partition coefficient (Wildman–Crippen LogP) is 2.28. The van der Waals surface area contributed by atoms with E-state index < -0.39 is 0 Å². The van der Waals surface area contributed by atoms with Crippen molar-refractivity contribution in [2.24, 2.45) is 16.6 Å². The molecule has 1 aromatic rings. The minimum Gasteiger partial charge on any atom is -0.370 e. The molecule has 1 aliphatic rings. The molecular formula is C17H27IN4O. The van der Waals surface area contributed by atoms with Gasteiger partial charge in [-0.15, -0.1) is 24.0 Å². The van der Waals surface area contributed by atoms with E-state index >= 15 is 0 Å². The summed E-state index contributed by atoms with van der Waals surface area (Å²) < 4.78 is 0. The average Bonchev–Trinajstić information content (AvgIpc) is 2.48. The van der Waals surface area contributed by atoms with E-state index in [0.717, 1.165) is 38.4 Å². The van der Waals surface area contributed by atoms with E-state index in [1.165, 1.54) is 11.1 Å². The average molecular weight is 430 g/mol. The van der Waals surface area contributed by atoms with Crippen molar-refractivity contribution < 1.29 is 4.79 Å². The number of likely N-dealkylation sites (tertiary alicyclic amines) is 1. The van der Waals surface area contributed by atoms with Crippen LogP contribution < -0.4 is 11.1 Å². The second-order valence-electron chi connectivity index (χ2n) is 6.01. The lowest BCUT2D eigenvalue weighted by Crippen LogP contribution is -2.46. The van der Waals surface area contributed by atoms with Gasteiger partial charge < -0.3 is 16.0 Å². The first-order valence-electron chi connectivity index (χ1n) is 7.88. The Morgan fingerprint density at radius 3 is 2.91 bits per heavy atom. The van der Waals surface area contributed by atoms with Crippen LogP contribution in [0.3, 0.4) is 0 Å². The Labute approximate surface area is 155 Å². The monoisotopic (exact) mass is 430 g/mol. The number of nitrogens with zero attached hydrogens (tertiary/aromatic N) is 2. The van der Waals surface area contributed by atoms with E-state index in [-0.39, 0.29) is 29.9 Å². The molecule has 1 amide bonds. The van der Waals surface area contributed by atoms with Gasteiger partial charge >= 0.3 is 0 Å². The zero-order valence-electron chi connectivity index (χ0n) is 13.9. The number of guanidine groups is 1. The fraction of sp³-hybridized carbons (Fsp3) is 0.529. The summed E-state index contributed by atoms with van der Waals surface area (Å²) in [5, 5.41) is 3.42. The van der Waals surface area contributed by atoms with Crippen molar-refractivity contribution >= 4 is 35.8 Å². The number of hydrogen-bond donors (Lipinski definition) is 2. The molecule has 0 spiro atoms. The van der Waals surface area contributed by atoms with Crippen LogP contribution in [0.2, 0.25) is 0 Å². The van der Waals surface area contributed by atoms with E-state index in [1.807, 2.05) is 0 Å². The van der Waals surface area contributed by atoms with Gasteiger partial charge in [-0.25, -0.2) is 0 Å². The Kier molecular flexibility index (Phi) is 8.36. The van der Waals surface area contributed by atoms with Crippen LogP contribution in [0.4, 0.5) is 0 Å². The molecule has 128 valence electrons. The third kappa shape index (κ3) is 6.37. The molecule has 0 aromatic heterocycles. The molecule has 23 heavy (non-hydrogen) atoms. The second-order valence-corrected chi connectivity index (χ2v) is 6.01. The Morgan fingerprint density at radius 2 is 2.26 bits per heavy atom. The number of aryl methyl sites for hydroxylation is 1. The number of hydrogen-bond acceptors (Lipinski definition) is 2. The number of aliphatic imine (C=N–C) groups is 1. The molecule has 1 aromatic carbocycles. The highest BCUT2D eigenvalue weighted by atomic mass is 127. The SMILES string of the molecule is CN=C(NCc1cccc(C)c1)N1CCCC(CC(N)=O)C1.I. The quantitative estimate of drug-likeness (QED) is 0.438. The summed E-state index contributed by atoms with van der Waals surface area (Å²) in [4.78, 5) is 17.7. The topological polar surface area (TPSA) is 70.7 Å². The molecule has 1 unspecified atom stereocenters. The van der Waals surface area contributed by atoms with E-state index in [0.29, 0.717) is 12.3 Å². The zero-order valence-corrected chi connectivity index (χ0v) is 16.2. The Bertz CT molecular complexity index is 547. The number of halogens is 1. The molecule has 3 N–H and O–H groups in total. The number of piperidine rings is 1. The lowest BCUT2D eigenvalue weighted by Gasteiger charge is -2.34. The van der Waals surface area contributed by atoms with E-state index in [4.69, 9.17) is 5.73 Å². The summed E-state index contributed by atoms with van der Waals surface area (Å²) in [5.41, 5.74) is 7.82. The lowest BCUT2D eigenvalue weighted by molar-refractivity contribution is -0.119. The zero-order chi connectivity index (χ0) is 15.9. The van der Waals surface area contributed by atoms with Gasteiger partial charge in [0.2, 0.25) is 5.91 Å². The number of carbonyl (C=O) groups excluding carboxylic acids is 1. The molecule has 1 heterocycles. The van der Waals surface area contributed by atoms with Crippen LogP contribution in [0, 0.1) is 12.8 Å². The number of benzene rings is 1. The minimum atomic E-state index is -0.213. The van der Waals surface area contributed by atoms with Crippen LogP contribution in [-0.2, 0) is 11.3 Å². The van der Waals surface area contributed by atoms with Crippen molar-refractivity contribution in [1.82, 2.24) is 10.2 Å². The molecule has 1 saturated heterocycles. The normalized spacial score (nSPS) is 18.3. The molecule has 5 nitrogen and oxygen atoms in total. The molecule has 0 radical (unpaired) electrons. The van der Waals surface area contributed by atoms with Gasteiger partial charge in [0.25, 0.3) is 0 Å². The van der Waals surface area contributed by atoms with E-state index in [2.05, 4.69) is 46.4 Å². The van der Waals surface area contributed by atoms with Crippen LogP contribution in [-0.4, -0.2) is 36.9 Å². The van der Waals surface area contributed by atoms with Crippen molar-refractivity contribution in [3.63, 3.8) is 0 Å². The minimum absolute atomic E-state index is 0. The van der Waals surface area contributed by atoms with Crippen molar-refractivity contribution in [3.05, 3.63) is 35.4 Å². The molecule has 2 rings (SSSR count). The van der Waals surface area contributed by atoms with Gasteiger partial charge in [-0.1, -0.05) is 29.8 Å². The van der Waals surface area contributed by atoms with Gasteiger partial charge in [0.15, 0.2) is 5.96 Å². The van der Waals surface area contributed by atoms with E-state index in [9.17, 15) is 4.79 Å². The van der Waals surface area contributed by atoms with Crippen LogP contribution in [0.15, 0.2) is 29.3 Å². The molecule has 6 heteroatoms. The number of nitrogens with two attached hydrogens (primary N) is 1. The second kappa shape index (κ2) is 9.75. The summed E-state index contributed by atoms with van der Waals surface area (Å²) in [6.45, 7) is 4.67. The smallest absolute Gasteiger partial charge is 0.217 e. The van der Waals surface area contributed by atoms with Gasteiger partial charge in [0, 0.05) is 33.1 Å². The fourth-order valence-electron chi connectivity index (χ4n) is 3.04. The summed E-state index contributed by atoms with van der Waals surface area (Å²) in [7, 11) is 1.80.